The molecule has 3 N–H and O–H groups in total. The summed E-state index contributed by atoms with van der Waals surface area (Å²) >= 11 is 0. The first-order valence-electron chi connectivity index (χ1n) is 7.29. The predicted octanol–water partition coefficient (Wildman–Crippen LogP) is 2.00. The summed E-state index contributed by atoms with van der Waals surface area (Å²) in [4.78, 5) is 33.8. The molecule has 8 nitrogen and oxygen atoms in total. The van der Waals surface area contributed by atoms with E-state index in [2.05, 4.69) is 16.2 Å². The second-order valence-corrected chi connectivity index (χ2v) is 4.96. The fourth-order valence-electron chi connectivity index (χ4n) is 1.96. The van der Waals surface area contributed by atoms with Crippen LogP contribution < -0.4 is 16.2 Å². The summed E-state index contributed by atoms with van der Waals surface area (Å²) in [6.45, 7) is 0.142. The molecule has 0 unspecified atom stereocenters. The molecule has 0 spiro atoms. The van der Waals surface area contributed by atoms with Gasteiger partial charge in [0.05, 0.1) is 4.92 Å². The minimum Gasteiger partial charge on any atom is -0.379 e. The molecule has 25 heavy (non-hydrogen) atoms. The van der Waals surface area contributed by atoms with Crippen LogP contribution in [0.3, 0.4) is 0 Å². The number of carbonyl (C=O) groups is 2. The number of hydrogen-bond acceptors (Lipinski definition) is 5. The van der Waals surface area contributed by atoms with Gasteiger partial charge in [-0.25, -0.2) is 4.39 Å². The average Bonchev–Trinajstić information content (AvgIpc) is 2.60. The van der Waals surface area contributed by atoms with Gasteiger partial charge in [0.25, 0.3) is 11.6 Å². The Morgan fingerprint density at radius 1 is 1.04 bits per heavy atom. The number of amides is 2. The molecular weight excluding hydrogens is 331 g/mol. The second-order valence-electron chi connectivity index (χ2n) is 4.96. The third-order valence-corrected chi connectivity index (χ3v) is 3.19. The fourth-order valence-corrected chi connectivity index (χ4v) is 1.96. The van der Waals surface area contributed by atoms with Crippen LogP contribution in [0.4, 0.5) is 15.8 Å². The second kappa shape index (κ2) is 8.39. The Morgan fingerprint density at radius 2 is 1.72 bits per heavy atom. The van der Waals surface area contributed by atoms with Crippen molar-refractivity contribution in [3.63, 3.8) is 0 Å². The van der Waals surface area contributed by atoms with Crippen molar-refractivity contribution in [2.75, 3.05) is 11.9 Å². The highest BCUT2D eigenvalue weighted by atomic mass is 19.1. The van der Waals surface area contributed by atoms with Crippen LogP contribution in [0, 0.1) is 15.9 Å². The van der Waals surface area contributed by atoms with Crippen molar-refractivity contribution < 1.29 is 18.9 Å². The van der Waals surface area contributed by atoms with Crippen LogP contribution in [0.25, 0.3) is 0 Å². The number of nitro groups is 1. The summed E-state index contributed by atoms with van der Waals surface area (Å²) in [6, 6.07) is 10.9. The van der Waals surface area contributed by atoms with Crippen molar-refractivity contribution in [3.8, 4) is 0 Å². The third kappa shape index (κ3) is 5.27. The molecule has 2 amide bonds. The first-order valence-corrected chi connectivity index (χ1v) is 7.29. The van der Waals surface area contributed by atoms with Crippen molar-refractivity contribution in [2.45, 2.75) is 6.42 Å². The first kappa shape index (κ1) is 17.9. The van der Waals surface area contributed by atoms with Gasteiger partial charge in [-0.15, -0.1) is 0 Å². The van der Waals surface area contributed by atoms with Gasteiger partial charge in [-0.3, -0.25) is 30.6 Å². The number of nitrogens with zero attached hydrogens (tertiary/aromatic N) is 1. The van der Waals surface area contributed by atoms with Gasteiger partial charge >= 0.3 is 0 Å². The number of nitro benzene ring substituents is 1. The Labute approximate surface area is 142 Å². The first-order chi connectivity index (χ1) is 12.0. The standard InChI is InChI=1S/C16H15FN4O4/c17-12-7-5-11(6-8-12)16(23)20-19-15(22)9-10-18-13-3-1-2-4-14(13)21(24)25/h1-8,18H,9-10H2,(H,19,22)(H,20,23). The van der Waals surface area contributed by atoms with E-state index >= 15 is 0 Å². The normalized spacial score (nSPS) is 9.96. The van der Waals surface area contributed by atoms with Gasteiger partial charge in [0.1, 0.15) is 11.5 Å². The Morgan fingerprint density at radius 3 is 2.40 bits per heavy atom. The summed E-state index contributed by atoms with van der Waals surface area (Å²) < 4.78 is 12.8. The molecule has 0 aromatic heterocycles. The highest BCUT2D eigenvalue weighted by molar-refractivity contribution is 5.95. The van der Waals surface area contributed by atoms with E-state index in [0.29, 0.717) is 5.69 Å². The van der Waals surface area contributed by atoms with E-state index in [0.717, 1.165) is 12.1 Å². The molecule has 0 aliphatic carbocycles. The monoisotopic (exact) mass is 346 g/mol. The number of para-hydroxylation sites is 2. The van der Waals surface area contributed by atoms with E-state index in [-0.39, 0.29) is 24.2 Å². The zero-order chi connectivity index (χ0) is 18.2. The lowest BCUT2D eigenvalue weighted by Crippen LogP contribution is -2.42. The van der Waals surface area contributed by atoms with Crippen molar-refractivity contribution in [1.29, 1.82) is 0 Å². The largest absolute Gasteiger partial charge is 0.379 e. The van der Waals surface area contributed by atoms with Crippen molar-refractivity contribution in [1.82, 2.24) is 10.9 Å². The third-order valence-electron chi connectivity index (χ3n) is 3.19. The molecule has 0 radical (unpaired) electrons. The topological polar surface area (TPSA) is 113 Å². The van der Waals surface area contributed by atoms with Gasteiger partial charge in [0, 0.05) is 24.6 Å². The van der Waals surface area contributed by atoms with Gasteiger partial charge in [-0.1, -0.05) is 12.1 Å². The van der Waals surface area contributed by atoms with Crippen LogP contribution in [-0.4, -0.2) is 23.3 Å². The summed E-state index contributed by atoms with van der Waals surface area (Å²) in [5, 5.41) is 13.7. The SMILES string of the molecule is O=C(CCNc1ccccc1[N+](=O)[O-])NNC(=O)c1ccc(F)cc1. The maximum absolute atomic E-state index is 12.8. The molecule has 0 fully saturated rings. The van der Waals surface area contributed by atoms with Gasteiger partial charge in [0.15, 0.2) is 0 Å². The zero-order valence-electron chi connectivity index (χ0n) is 13.0. The molecule has 0 saturated carbocycles. The molecular formula is C16H15FN4O4. The lowest BCUT2D eigenvalue weighted by molar-refractivity contribution is -0.384. The van der Waals surface area contributed by atoms with Crippen LogP contribution in [0.15, 0.2) is 48.5 Å². The molecule has 0 heterocycles. The Hall–Kier alpha value is -3.49. The molecule has 2 rings (SSSR count). The van der Waals surface area contributed by atoms with Gasteiger partial charge in [0.2, 0.25) is 5.91 Å². The summed E-state index contributed by atoms with van der Waals surface area (Å²) in [5.74, 6) is -1.54. The molecule has 2 aromatic rings. The number of halogens is 1. The van der Waals surface area contributed by atoms with Gasteiger partial charge in [-0.2, -0.15) is 0 Å². The summed E-state index contributed by atoms with van der Waals surface area (Å²) in [7, 11) is 0. The summed E-state index contributed by atoms with van der Waals surface area (Å²) in [5.41, 5.74) is 4.82. The van der Waals surface area contributed by atoms with E-state index in [1.807, 2.05) is 0 Å². The number of nitrogens with one attached hydrogen (secondary N) is 3. The highest BCUT2D eigenvalue weighted by Gasteiger charge is 2.12. The Kier molecular flexibility index (Phi) is 5.99. The average molecular weight is 346 g/mol. The number of hydrazine groups is 1. The minimum atomic E-state index is -0.583. The van der Waals surface area contributed by atoms with Gasteiger partial charge in [-0.05, 0) is 30.3 Å². The Balaban J connectivity index is 1.77. The van der Waals surface area contributed by atoms with Crippen LogP contribution in [0.1, 0.15) is 16.8 Å². The van der Waals surface area contributed by atoms with Crippen LogP contribution in [0.2, 0.25) is 0 Å². The number of benzene rings is 2. The van der Waals surface area contributed by atoms with Crippen LogP contribution >= 0.6 is 0 Å². The van der Waals surface area contributed by atoms with E-state index in [1.54, 1.807) is 12.1 Å². The molecule has 0 aliphatic heterocycles. The van der Waals surface area contributed by atoms with Crippen molar-refractivity contribution in [2.24, 2.45) is 0 Å². The fraction of sp³-hybridized carbons (Fsp3) is 0.125. The lowest BCUT2D eigenvalue weighted by Gasteiger charge is -2.09. The molecule has 0 bridgehead atoms. The zero-order valence-corrected chi connectivity index (χ0v) is 13.0. The predicted molar refractivity (Wildman–Crippen MR) is 88.2 cm³/mol. The quantitative estimate of drug-likeness (QED) is 0.547. The summed E-state index contributed by atoms with van der Waals surface area (Å²) in [6.07, 6.45) is -0.0181. The molecule has 0 atom stereocenters. The maximum atomic E-state index is 12.8. The molecule has 9 heteroatoms. The van der Waals surface area contributed by atoms with E-state index in [4.69, 9.17) is 0 Å². The molecule has 0 saturated heterocycles. The smallest absolute Gasteiger partial charge is 0.292 e. The molecule has 130 valence electrons. The van der Waals surface area contributed by atoms with Crippen molar-refractivity contribution in [3.05, 3.63) is 70.0 Å². The highest BCUT2D eigenvalue weighted by Crippen LogP contribution is 2.22. The van der Waals surface area contributed by atoms with Gasteiger partial charge < -0.3 is 5.32 Å². The van der Waals surface area contributed by atoms with E-state index in [1.165, 1.54) is 24.3 Å². The molecule has 2 aromatic carbocycles. The maximum Gasteiger partial charge on any atom is 0.292 e. The lowest BCUT2D eigenvalue weighted by atomic mass is 10.2. The minimum absolute atomic E-state index is 0.0181. The van der Waals surface area contributed by atoms with E-state index in [9.17, 15) is 24.1 Å². The number of anilines is 1. The Bertz CT molecular complexity index is 780. The molecule has 0 aliphatic rings. The number of hydrogen-bond donors (Lipinski definition) is 3. The van der Waals surface area contributed by atoms with Crippen molar-refractivity contribution >= 4 is 23.2 Å². The van der Waals surface area contributed by atoms with Crippen LogP contribution in [-0.2, 0) is 4.79 Å². The number of rotatable bonds is 6. The van der Waals surface area contributed by atoms with Crippen LogP contribution in [0.5, 0.6) is 0 Å². The van der Waals surface area contributed by atoms with E-state index < -0.39 is 22.6 Å². The number of carbonyl (C=O) groups excluding carboxylic acids is 2.